The number of aromatic hydroxyl groups is 1. The first kappa shape index (κ1) is 50.8. The number of pyridine rings is 3. The summed E-state index contributed by atoms with van der Waals surface area (Å²) in [4.78, 5) is 12.1. The SMILES string of the molecule is Brc1cnc2c(c1)COC2.C.C.OCc1cc(Br)cnc1CO.Oc1cnc2c(c1)COC2.[K+].[OH-].[O]=[Mn]=[O].[W].[W]. The van der Waals surface area contributed by atoms with Gasteiger partial charge >= 0.3 is 73.9 Å². The van der Waals surface area contributed by atoms with Gasteiger partial charge in [0.05, 0.1) is 62.9 Å². The number of hydrogen-bond donors (Lipinski definition) is 3. The molecule has 4 N–H and O–H groups in total. The van der Waals surface area contributed by atoms with Crippen molar-refractivity contribution in [3.63, 3.8) is 0 Å². The van der Waals surface area contributed by atoms with Crippen LogP contribution in [-0.2, 0) is 114 Å². The van der Waals surface area contributed by atoms with Crippen LogP contribution in [0.25, 0.3) is 0 Å². The Morgan fingerprint density at radius 2 is 1.23 bits per heavy atom. The van der Waals surface area contributed by atoms with E-state index in [2.05, 4.69) is 52.9 Å². The van der Waals surface area contributed by atoms with Crippen LogP contribution >= 0.6 is 31.9 Å². The molecule has 3 aromatic rings. The van der Waals surface area contributed by atoms with Crippen LogP contribution in [0.5, 0.6) is 5.75 Å². The summed E-state index contributed by atoms with van der Waals surface area (Å²) in [6, 6.07) is 5.48. The number of aliphatic hydroxyl groups excluding tert-OH is 2. The molecule has 0 unspecified atom stereocenters. The Labute approximate surface area is 328 Å². The summed E-state index contributed by atoms with van der Waals surface area (Å²) in [5, 5.41) is 26.5. The summed E-state index contributed by atoms with van der Waals surface area (Å²) < 4.78 is 28.9. The fraction of sp³-hybridized carbons (Fsp3) is 0.348. The predicted octanol–water partition coefficient (Wildman–Crippen LogP) is 1.37. The Hall–Kier alpha value is 1.14. The zero-order valence-corrected chi connectivity index (χ0v) is 33.3. The monoisotopic (exact) mass is 1100 g/mol. The number of nitrogens with zero attached hydrogens (tertiary/aromatic N) is 3. The van der Waals surface area contributed by atoms with Gasteiger partial charge in [0.15, 0.2) is 0 Å². The zero-order chi connectivity index (χ0) is 24.9. The third-order valence-electron chi connectivity index (χ3n) is 4.41. The molecule has 17 heteroatoms. The van der Waals surface area contributed by atoms with Crippen LogP contribution in [-0.4, -0.2) is 35.7 Å². The van der Waals surface area contributed by atoms with E-state index in [1.165, 1.54) is 11.8 Å². The van der Waals surface area contributed by atoms with Gasteiger partial charge in [0.2, 0.25) is 0 Å². The molecule has 0 bridgehead atoms. The van der Waals surface area contributed by atoms with Crippen LogP contribution in [0.2, 0.25) is 0 Å². The van der Waals surface area contributed by atoms with Gasteiger partial charge in [-0.3, -0.25) is 15.0 Å². The van der Waals surface area contributed by atoms with Gasteiger partial charge in [0.1, 0.15) is 5.75 Å². The van der Waals surface area contributed by atoms with E-state index in [4.69, 9.17) is 32.5 Å². The molecule has 2 aliphatic rings. The van der Waals surface area contributed by atoms with Crippen molar-refractivity contribution in [2.75, 3.05) is 0 Å². The molecule has 0 spiro atoms. The molecule has 40 heavy (non-hydrogen) atoms. The molecule has 0 radical (unpaired) electrons. The molecule has 0 saturated carbocycles. The van der Waals surface area contributed by atoms with E-state index in [0.717, 1.165) is 25.9 Å². The van der Waals surface area contributed by atoms with Gasteiger partial charge in [0, 0.05) is 80.2 Å². The van der Waals surface area contributed by atoms with Crippen molar-refractivity contribution in [3.05, 3.63) is 79.5 Å². The Kier molecular flexibility index (Phi) is 36.7. The maximum atomic E-state index is 8.98. The van der Waals surface area contributed by atoms with Gasteiger partial charge in [-0.1, -0.05) is 14.9 Å². The third kappa shape index (κ3) is 18.1. The first-order valence-electron chi connectivity index (χ1n) is 9.61. The van der Waals surface area contributed by atoms with Crippen molar-refractivity contribution in [2.24, 2.45) is 0 Å². The quantitative estimate of drug-likeness (QED) is 0.316. The first-order chi connectivity index (χ1) is 16.4. The van der Waals surface area contributed by atoms with Crippen molar-refractivity contribution in [2.45, 2.75) is 54.5 Å². The smallest absolute Gasteiger partial charge is 0 e. The molecule has 219 valence electrons. The molecule has 11 nitrogen and oxygen atoms in total. The largest absolute Gasteiger partial charge is 0 e. The average Bonchev–Trinajstić information content (AvgIpc) is 3.49. The van der Waals surface area contributed by atoms with Crippen LogP contribution in [0.3, 0.4) is 0 Å². The number of rotatable bonds is 2. The number of aliphatic hydroxyl groups is 2. The van der Waals surface area contributed by atoms with Crippen LogP contribution in [0.4, 0.5) is 0 Å². The number of ether oxygens (including phenoxy) is 2. The van der Waals surface area contributed by atoms with Crippen LogP contribution in [0.1, 0.15) is 48.6 Å². The number of aromatic nitrogens is 3. The second-order valence-corrected chi connectivity index (χ2v) is 8.71. The first-order valence-corrected chi connectivity index (χ1v) is 12.2. The van der Waals surface area contributed by atoms with Crippen molar-refractivity contribution < 1.29 is 146 Å². The van der Waals surface area contributed by atoms with E-state index in [9.17, 15) is 0 Å². The van der Waals surface area contributed by atoms with Crippen molar-refractivity contribution in [3.8, 4) is 5.75 Å². The average molecular weight is 1100 g/mol. The Morgan fingerprint density at radius 1 is 0.775 bits per heavy atom. The molecule has 0 amide bonds. The fourth-order valence-corrected chi connectivity index (χ4v) is 3.61. The second kappa shape index (κ2) is 28.9. The maximum Gasteiger partial charge on any atom is 0 e. The molecule has 0 saturated heterocycles. The number of halogens is 2. The molecule has 0 atom stereocenters. The maximum absolute atomic E-state index is 8.98. The summed E-state index contributed by atoms with van der Waals surface area (Å²) in [5.41, 5.74) is 5.40. The van der Waals surface area contributed by atoms with E-state index in [-0.39, 0.29) is 133 Å². The zero-order valence-electron chi connectivity index (χ0n) is 19.9. The fourth-order valence-electron chi connectivity index (χ4n) is 2.85. The number of hydrogen-bond acceptors (Lipinski definition) is 11. The van der Waals surface area contributed by atoms with Crippen LogP contribution in [0, 0.1) is 0 Å². The summed E-state index contributed by atoms with van der Waals surface area (Å²) in [6.45, 7) is 2.31. The van der Waals surface area contributed by atoms with E-state index in [0.29, 0.717) is 37.7 Å². The standard InChI is InChI=1S/C7H8BrNO2.C7H6BrNO.C7H7NO2.2CH4.K.Mn.H2O.2O.2W/c8-6-1-5(3-10)7(4-11)9-2-6;8-6-1-5-3-10-4-7(5)9-2-6;9-6-1-5-3-10-4-7(5)8-2-6;;;;;;;;;/h1-2,10-11H,3-4H2;1-2H,3-4H2;1-2,9H,3-4H2;2*1H4;;;1H2;;;;/q;;;;;+1;;;;;;/p-1. The summed E-state index contributed by atoms with van der Waals surface area (Å²) >= 11 is 5.12. The number of fused-ring (bicyclic) bond motifs is 2. The Balaban J connectivity index is -0.000000136. The van der Waals surface area contributed by atoms with E-state index in [1.54, 1.807) is 24.5 Å². The predicted molar refractivity (Wildman–Crippen MR) is 135 cm³/mol. The topological polar surface area (TPSA) is 182 Å². The summed E-state index contributed by atoms with van der Waals surface area (Å²) in [5.74, 6) is 0.212. The summed E-state index contributed by atoms with van der Waals surface area (Å²) in [6.07, 6.45) is 4.83. The summed E-state index contributed by atoms with van der Waals surface area (Å²) in [7, 11) is 0. The van der Waals surface area contributed by atoms with Gasteiger partial charge in [-0.05, 0) is 50.1 Å². The molecule has 0 aliphatic carbocycles. The Morgan fingerprint density at radius 3 is 1.73 bits per heavy atom. The molecule has 2 aliphatic heterocycles. The molecule has 5 heterocycles. The van der Waals surface area contributed by atoms with Gasteiger partial charge in [0.25, 0.3) is 0 Å². The van der Waals surface area contributed by atoms with Crippen LogP contribution in [0.15, 0.2) is 45.7 Å². The minimum Gasteiger partial charge on any atom is 0 e. The minimum absolute atomic E-state index is 0. The van der Waals surface area contributed by atoms with Gasteiger partial charge in [-0.2, -0.15) is 0 Å². The second-order valence-electron chi connectivity index (χ2n) is 6.68. The molecule has 5 rings (SSSR count). The van der Waals surface area contributed by atoms with Crippen LogP contribution < -0.4 is 51.4 Å². The van der Waals surface area contributed by atoms with E-state index < -0.39 is 14.8 Å². The molecule has 0 fully saturated rings. The minimum atomic E-state index is -1.44. The molecular weight excluding hydrogens is 1070 g/mol. The van der Waals surface area contributed by atoms with E-state index in [1.807, 2.05) is 0 Å². The van der Waals surface area contributed by atoms with Crippen molar-refractivity contribution >= 4 is 31.9 Å². The van der Waals surface area contributed by atoms with Gasteiger partial charge < -0.3 is 30.3 Å². The molecular formula is C23H30Br2KMnN3O8W2. The van der Waals surface area contributed by atoms with Crippen molar-refractivity contribution in [1.29, 1.82) is 0 Å². The van der Waals surface area contributed by atoms with Gasteiger partial charge in [-0.15, -0.1) is 0 Å². The van der Waals surface area contributed by atoms with E-state index >= 15 is 0 Å². The molecule has 3 aromatic heterocycles. The van der Waals surface area contributed by atoms with Crippen molar-refractivity contribution in [1.82, 2.24) is 15.0 Å². The third-order valence-corrected chi connectivity index (χ3v) is 5.28. The Bertz CT molecular complexity index is 1100. The molecule has 0 aromatic carbocycles. The normalized spacial score (nSPS) is 10.7. The van der Waals surface area contributed by atoms with Gasteiger partial charge in [-0.25, -0.2) is 0 Å².